The van der Waals surface area contributed by atoms with Gasteiger partial charge >= 0.3 is 12.0 Å². The van der Waals surface area contributed by atoms with Gasteiger partial charge in [0.15, 0.2) is 0 Å². The summed E-state index contributed by atoms with van der Waals surface area (Å²) >= 11 is 0. The highest BCUT2D eigenvalue weighted by Gasteiger charge is 2.25. The Balaban J connectivity index is 4.78. The van der Waals surface area contributed by atoms with Crippen LogP contribution in [0.1, 0.15) is 52.9 Å². The number of unbranched alkanes of at least 4 members (excludes halogenated alkanes) is 1. The Bertz CT molecular complexity index is 306. The van der Waals surface area contributed by atoms with Gasteiger partial charge in [0.2, 0.25) is 0 Å². The molecular weight excluding hydrogens is 272 g/mol. The fourth-order valence-corrected chi connectivity index (χ4v) is 2.27. The highest BCUT2D eigenvalue weighted by atomic mass is 16.5. The SMILES string of the molecule is CCCC[C@H](NC(=O)N(CCOC)C(CC)CC)C(=O)O. The van der Waals surface area contributed by atoms with Crippen LogP contribution in [0, 0.1) is 0 Å². The molecule has 0 aliphatic rings. The van der Waals surface area contributed by atoms with Gasteiger partial charge in [-0.15, -0.1) is 0 Å². The van der Waals surface area contributed by atoms with Crippen molar-refractivity contribution in [2.24, 2.45) is 0 Å². The van der Waals surface area contributed by atoms with Crippen molar-refractivity contribution in [2.45, 2.75) is 65.0 Å². The molecule has 124 valence electrons. The molecule has 6 heteroatoms. The number of carboxylic acids is 1. The van der Waals surface area contributed by atoms with Gasteiger partial charge in [0, 0.05) is 19.7 Å². The van der Waals surface area contributed by atoms with Crippen molar-refractivity contribution in [2.75, 3.05) is 20.3 Å². The van der Waals surface area contributed by atoms with E-state index in [1.54, 1.807) is 12.0 Å². The number of urea groups is 1. The quantitative estimate of drug-likeness (QED) is 0.614. The normalized spacial score (nSPS) is 12.2. The van der Waals surface area contributed by atoms with Crippen molar-refractivity contribution < 1.29 is 19.4 Å². The highest BCUT2D eigenvalue weighted by molar-refractivity contribution is 5.82. The van der Waals surface area contributed by atoms with Crippen molar-refractivity contribution in [1.82, 2.24) is 10.2 Å². The first kappa shape index (κ1) is 19.7. The summed E-state index contributed by atoms with van der Waals surface area (Å²) in [5.41, 5.74) is 0. The van der Waals surface area contributed by atoms with Crippen LogP contribution in [0.4, 0.5) is 4.79 Å². The first-order valence-corrected chi connectivity index (χ1v) is 7.80. The maximum absolute atomic E-state index is 12.4. The topological polar surface area (TPSA) is 78.9 Å². The number of methoxy groups -OCH3 is 1. The highest BCUT2D eigenvalue weighted by Crippen LogP contribution is 2.10. The van der Waals surface area contributed by atoms with Gasteiger partial charge in [-0.2, -0.15) is 0 Å². The van der Waals surface area contributed by atoms with Crippen LogP contribution >= 0.6 is 0 Å². The van der Waals surface area contributed by atoms with E-state index >= 15 is 0 Å². The lowest BCUT2D eigenvalue weighted by Crippen LogP contribution is -2.52. The number of carbonyl (C=O) groups is 2. The second-order valence-corrected chi connectivity index (χ2v) is 5.14. The zero-order valence-electron chi connectivity index (χ0n) is 13.7. The fourth-order valence-electron chi connectivity index (χ4n) is 2.27. The Labute approximate surface area is 127 Å². The van der Waals surface area contributed by atoms with Gasteiger partial charge in [-0.1, -0.05) is 33.6 Å². The average molecular weight is 302 g/mol. The number of amides is 2. The predicted molar refractivity (Wildman–Crippen MR) is 82.4 cm³/mol. The lowest BCUT2D eigenvalue weighted by Gasteiger charge is -2.31. The van der Waals surface area contributed by atoms with Crippen LogP contribution in [-0.4, -0.2) is 54.4 Å². The summed E-state index contributed by atoms with van der Waals surface area (Å²) in [6.07, 6.45) is 3.80. The third-order valence-corrected chi connectivity index (χ3v) is 3.62. The van der Waals surface area contributed by atoms with Crippen LogP contribution in [0.3, 0.4) is 0 Å². The Hall–Kier alpha value is -1.30. The first-order chi connectivity index (χ1) is 10.0. The lowest BCUT2D eigenvalue weighted by molar-refractivity contribution is -0.139. The average Bonchev–Trinajstić information content (AvgIpc) is 2.47. The number of hydrogen-bond donors (Lipinski definition) is 2. The Kier molecular flexibility index (Phi) is 10.7. The molecule has 0 rings (SSSR count). The van der Waals surface area contributed by atoms with Crippen LogP contribution in [0.15, 0.2) is 0 Å². The molecule has 0 aromatic carbocycles. The van der Waals surface area contributed by atoms with Crippen LogP contribution in [0.5, 0.6) is 0 Å². The molecule has 21 heavy (non-hydrogen) atoms. The van der Waals surface area contributed by atoms with Crippen LogP contribution in [0.2, 0.25) is 0 Å². The van der Waals surface area contributed by atoms with E-state index in [1.807, 2.05) is 20.8 Å². The molecule has 0 fully saturated rings. The van der Waals surface area contributed by atoms with Crippen molar-refractivity contribution in [3.8, 4) is 0 Å². The first-order valence-electron chi connectivity index (χ1n) is 7.80. The third-order valence-electron chi connectivity index (χ3n) is 3.62. The van der Waals surface area contributed by atoms with Crippen molar-refractivity contribution in [3.05, 3.63) is 0 Å². The second-order valence-electron chi connectivity index (χ2n) is 5.14. The smallest absolute Gasteiger partial charge is 0.326 e. The molecule has 0 aromatic rings. The Morgan fingerprint density at radius 3 is 2.29 bits per heavy atom. The minimum Gasteiger partial charge on any atom is -0.480 e. The van der Waals surface area contributed by atoms with Gasteiger partial charge in [-0.05, 0) is 19.3 Å². The van der Waals surface area contributed by atoms with E-state index < -0.39 is 12.0 Å². The van der Waals surface area contributed by atoms with Gasteiger partial charge in [-0.3, -0.25) is 0 Å². The second kappa shape index (κ2) is 11.4. The number of rotatable bonds is 11. The molecular formula is C15H30N2O4. The van der Waals surface area contributed by atoms with Crippen LogP contribution in [-0.2, 0) is 9.53 Å². The zero-order valence-corrected chi connectivity index (χ0v) is 13.7. The molecule has 0 aliphatic carbocycles. The molecule has 0 radical (unpaired) electrons. The third kappa shape index (κ3) is 7.32. The summed E-state index contributed by atoms with van der Waals surface area (Å²) in [4.78, 5) is 25.3. The van der Waals surface area contributed by atoms with Crippen molar-refractivity contribution in [1.29, 1.82) is 0 Å². The number of carboxylic acid groups (broad SMARTS) is 1. The molecule has 2 N–H and O–H groups in total. The maximum atomic E-state index is 12.4. The lowest BCUT2D eigenvalue weighted by atomic mass is 10.1. The summed E-state index contributed by atoms with van der Waals surface area (Å²) < 4.78 is 5.04. The summed E-state index contributed by atoms with van der Waals surface area (Å²) in [7, 11) is 1.59. The molecule has 0 spiro atoms. The van der Waals surface area contributed by atoms with Crippen molar-refractivity contribution >= 4 is 12.0 Å². The Morgan fingerprint density at radius 1 is 1.24 bits per heavy atom. The minimum atomic E-state index is -0.979. The van der Waals surface area contributed by atoms with Crippen LogP contribution < -0.4 is 5.32 Å². The summed E-state index contributed by atoms with van der Waals surface area (Å²) in [6.45, 7) is 6.95. The number of nitrogens with one attached hydrogen (secondary N) is 1. The largest absolute Gasteiger partial charge is 0.480 e. The van der Waals surface area contributed by atoms with Crippen molar-refractivity contribution in [3.63, 3.8) is 0 Å². The summed E-state index contributed by atoms with van der Waals surface area (Å²) in [5, 5.41) is 11.8. The van der Waals surface area contributed by atoms with E-state index in [-0.39, 0.29) is 12.1 Å². The van der Waals surface area contributed by atoms with Gasteiger partial charge in [0.25, 0.3) is 0 Å². The fraction of sp³-hybridized carbons (Fsp3) is 0.867. The minimum absolute atomic E-state index is 0.0979. The summed E-state index contributed by atoms with van der Waals surface area (Å²) in [6, 6.07) is -1.04. The van der Waals surface area contributed by atoms with E-state index in [2.05, 4.69) is 5.32 Å². The molecule has 0 saturated heterocycles. The maximum Gasteiger partial charge on any atom is 0.326 e. The van der Waals surface area contributed by atoms with E-state index in [4.69, 9.17) is 4.74 Å². The predicted octanol–water partition coefficient (Wildman–Crippen LogP) is 2.48. The van der Waals surface area contributed by atoms with Gasteiger partial charge in [-0.25, -0.2) is 9.59 Å². The molecule has 0 saturated carbocycles. The molecule has 2 amide bonds. The molecule has 6 nitrogen and oxygen atoms in total. The Morgan fingerprint density at radius 2 is 1.86 bits per heavy atom. The zero-order chi connectivity index (χ0) is 16.3. The number of hydrogen-bond acceptors (Lipinski definition) is 3. The number of aliphatic carboxylic acids is 1. The summed E-state index contributed by atoms with van der Waals surface area (Å²) in [5.74, 6) is -0.979. The van der Waals surface area contributed by atoms with E-state index in [9.17, 15) is 14.7 Å². The molecule has 0 unspecified atom stereocenters. The van der Waals surface area contributed by atoms with Crippen LogP contribution in [0.25, 0.3) is 0 Å². The molecule has 0 aromatic heterocycles. The monoisotopic (exact) mass is 302 g/mol. The number of carbonyl (C=O) groups excluding carboxylic acids is 1. The van der Waals surface area contributed by atoms with E-state index in [1.165, 1.54) is 0 Å². The molecule has 0 bridgehead atoms. The molecule has 0 aliphatic heterocycles. The molecule has 0 heterocycles. The van der Waals surface area contributed by atoms with E-state index in [0.29, 0.717) is 19.6 Å². The molecule has 1 atom stereocenters. The number of nitrogens with zero attached hydrogens (tertiary/aromatic N) is 1. The van der Waals surface area contributed by atoms with Gasteiger partial charge in [0.05, 0.1) is 6.61 Å². The van der Waals surface area contributed by atoms with Gasteiger partial charge in [0.1, 0.15) is 6.04 Å². The van der Waals surface area contributed by atoms with Gasteiger partial charge < -0.3 is 20.1 Å². The standard InChI is InChI=1S/C15H30N2O4/c1-5-8-9-13(14(18)19)16-15(20)17(10-11-21-4)12(6-2)7-3/h12-13H,5-11H2,1-4H3,(H,16,20)(H,18,19)/t13-/m0/s1. The number of ether oxygens (including phenoxy) is 1. The van der Waals surface area contributed by atoms with E-state index in [0.717, 1.165) is 25.7 Å².